The number of hydrogen-bond acceptors (Lipinski definition) is 5. The second kappa shape index (κ2) is 5.47. The highest BCUT2D eigenvalue weighted by Crippen LogP contribution is 2.33. The number of carbonyl (C=O) groups excluding carboxylic acids is 1. The maximum Gasteiger partial charge on any atom is 0.433 e. The molecule has 0 aliphatic rings. The van der Waals surface area contributed by atoms with Crippen LogP contribution in [-0.2, 0) is 10.9 Å². The third-order valence-electron chi connectivity index (χ3n) is 2.55. The zero-order chi connectivity index (χ0) is 15.8. The number of thiazole rings is 1. The number of alkyl halides is 3. The molecule has 5 nitrogen and oxygen atoms in total. The van der Waals surface area contributed by atoms with Gasteiger partial charge in [0.25, 0.3) is 0 Å². The number of rotatable bonds is 3. The molecule has 2 heterocycles. The van der Waals surface area contributed by atoms with Crippen LogP contribution in [0.1, 0.15) is 33.7 Å². The van der Waals surface area contributed by atoms with Crippen molar-refractivity contribution in [2.45, 2.75) is 26.9 Å². The van der Waals surface area contributed by atoms with Crippen molar-refractivity contribution < 1.29 is 22.7 Å². The van der Waals surface area contributed by atoms with Crippen molar-refractivity contribution in [1.82, 2.24) is 14.8 Å². The van der Waals surface area contributed by atoms with Gasteiger partial charge in [-0.1, -0.05) is 11.3 Å². The van der Waals surface area contributed by atoms with Crippen LogP contribution >= 0.6 is 11.3 Å². The summed E-state index contributed by atoms with van der Waals surface area (Å²) in [7, 11) is 0. The molecule has 0 fully saturated rings. The number of hydrogen-bond donors (Lipinski definition) is 0. The van der Waals surface area contributed by atoms with Crippen molar-refractivity contribution in [2.75, 3.05) is 6.61 Å². The fourth-order valence-electron chi connectivity index (χ4n) is 1.71. The number of halogens is 3. The summed E-state index contributed by atoms with van der Waals surface area (Å²) in [5.41, 5.74) is -0.397. The summed E-state index contributed by atoms with van der Waals surface area (Å²) in [4.78, 5) is 15.9. The van der Waals surface area contributed by atoms with Gasteiger partial charge in [0.15, 0.2) is 5.69 Å². The average Bonchev–Trinajstić information content (AvgIpc) is 2.92. The first-order valence-electron chi connectivity index (χ1n) is 6.02. The van der Waals surface area contributed by atoms with E-state index in [-0.39, 0.29) is 22.3 Å². The van der Waals surface area contributed by atoms with E-state index in [0.29, 0.717) is 10.4 Å². The number of ether oxygens (including phenoxy) is 1. The van der Waals surface area contributed by atoms with E-state index in [1.807, 2.05) is 0 Å². The summed E-state index contributed by atoms with van der Waals surface area (Å²) < 4.78 is 44.4. The van der Waals surface area contributed by atoms with Crippen molar-refractivity contribution in [3.63, 3.8) is 0 Å². The lowest BCUT2D eigenvalue weighted by Crippen LogP contribution is -2.13. The predicted molar refractivity (Wildman–Crippen MR) is 69.7 cm³/mol. The monoisotopic (exact) mass is 319 g/mol. The summed E-state index contributed by atoms with van der Waals surface area (Å²) in [5.74, 6) is -0.601. The second-order valence-electron chi connectivity index (χ2n) is 4.21. The molecule has 0 bridgehead atoms. The Labute approximate surface area is 122 Å². The number of carbonyl (C=O) groups is 1. The van der Waals surface area contributed by atoms with E-state index in [4.69, 9.17) is 4.74 Å². The van der Waals surface area contributed by atoms with Crippen LogP contribution in [0.15, 0.2) is 6.07 Å². The average molecular weight is 319 g/mol. The van der Waals surface area contributed by atoms with E-state index in [0.717, 1.165) is 17.4 Å². The smallest absolute Gasteiger partial charge is 0.433 e. The number of aryl methyl sites for hydroxylation is 2. The molecule has 2 aromatic heterocycles. The molecule has 0 saturated carbocycles. The van der Waals surface area contributed by atoms with Crippen molar-refractivity contribution in [3.05, 3.63) is 28.0 Å². The van der Waals surface area contributed by atoms with Gasteiger partial charge in [0, 0.05) is 0 Å². The Balaban J connectivity index is 2.49. The van der Waals surface area contributed by atoms with Crippen LogP contribution in [0.4, 0.5) is 13.2 Å². The molecule has 2 aromatic rings. The lowest BCUT2D eigenvalue weighted by Gasteiger charge is -2.06. The largest absolute Gasteiger partial charge is 0.462 e. The minimum absolute atomic E-state index is 0.0176. The molecule has 2 rings (SSSR count). The minimum atomic E-state index is -4.55. The molecular formula is C12H12F3N3O2S. The highest BCUT2D eigenvalue weighted by atomic mass is 32.1. The van der Waals surface area contributed by atoms with Crippen LogP contribution in [0.5, 0.6) is 0 Å². The molecule has 0 atom stereocenters. The number of aromatic nitrogens is 3. The van der Waals surface area contributed by atoms with Crippen LogP contribution in [0, 0.1) is 13.8 Å². The summed E-state index contributed by atoms with van der Waals surface area (Å²) >= 11 is 0.819. The zero-order valence-electron chi connectivity index (χ0n) is 11.5. The SMILES string of the molecule is CCOC(=O)c1sc(-n2nc(C)cc2C(F)(F)F)nc1C. The Morgan fingerprint density at radius 1 is 1.43 bits per heavy atom. The van der Waals surface area contributed by atoms with Gasteiger partial charge in [-0.2, -0.15) is 18.3 Å². The first-order valence-corrected chi connectivity index (χ1v) is 6.84. The summed E-state index contributed by atoms with van der Waals surface area (Å²) in [6.45, 7) is 4.82. The van der Waals surface area contributed by atoms with Crippen LogP contribution in [0.3, 0.4) is 0 Å². The van der Waals surface area contributed by atoms with Crippen LogP contribution in [0.25, 0.3) is 5.13 Å². The molecule has 0 unspecified atom stereocenters. The molecular weight excluding hydrogens is 307 g/mol. The third-order valence-corrected chi connectivity index (χ3v) is 3.66. The molecule has 21 heavy (non-hydrogen) atoms. The van der Waals surface area contributed by atoms with Crippen LogP contribution in [0.2, 0.25) is 0 Å². The summed E-state index contributed by atoms with van der Waals surface area (Å²) in [6, 6.07) is 0.931. The van der Waals surface area contributed by atoms with Crippen molar-refractivity contribution in [1.29, 1.82) is 0 Å². The number of esters is 1. The van der Waals surface area contributed by atoms with Gasteiger partial charge < -0.3 is 4.74 Å². The van der Waals surface area contributed by atoms with Gasteiger partial charge in [-0.15, -0.1) is 0 Å². The van der Waals surface area contributed by atoms with E-state index < -0.39 is 17.8 Å². The lowest BCUT2D eigenvalue weighted by atomic mass is 10.3. The summed E-state index contributed by atoms with van der Waals surface area (Å²) in [5, 5.41) is 3.78. The molecule has 0 amide bonds. The number of nitrogens with zero attached hydrogens (tertiary/aromatic N) is 3. The van der Waals surface area contributed by atoms with Gasteiger partial charge in [0.05, 0.1) is 18.0 Å². The Morgan fingerprint density at radius 2 is 2.10 bits per heavy atom. The van der Waals surface area contributed by atoms with Gasteiger partial charge in [0.2, 0.25) is 5.13 Å². The molecule has 0 radical (unpaired) electrons. The topological polar surface area (TPSA) is 57.0 Å². The van der Waals surface area contributed by atoms with Gasteiger partial charge in [-0.05, 0) is 26.8 Å². The Morgan fingerprint density at radius 3 is 2.67 bits per heavy atom. The Kier molecular flexibility index (Phi) is 4.04. The maximum atomic E-state index is 13.0. The normalized spacial score (nSPS) is 11.7. The lowest BCUT2D eigenvalue weighted by molar-refractivity contribution is -0.142. The van der Waals surface area contributed by atoms with E-state index in [1.54, 1.807) is 6.92 Å². The predicted octanol–water partition coefficient (Wildman–Crippen LogP) is 3.14. The van der Waals surface area contributed by atoms with Crippen molar-refractivity contribution >= 4 is 17.3 Å². The van der Waals surface area contributed by atoms with Gasteiger partial charge in [-0.25, -0.2) is 14.5 Å². The highest BCUT2D eigenvalue weighted by molar-refractivity contribution is 7.16. The van der Waals surface area contributed by atoms with Gasteiger partial charge in [0.1, 0.15) is 4.88 Å². The minimum Gasteiger partial charge on any atom is -0.462 e. The van der Waals surface area contributed by atoms with Crippen LogP contribution < -0.4 is 0 Å². The fourth-order valence-corrected chi connectivity index (χ4v) is 2.63. The fraction of sp³-hybridized carbons (Fsp3) is 0.417. The molecule has 9 heteroatoms. The molecule has 0 spiro atoms. The van der Waals surface area contributed by atoms with Crippen molar-refractivity contribution in [3.8, 4) is 5.13 Å². The Hall–Kier alpha value is -1.90. The van der Waals surface area contributed by atoms with Gasteiger partial charge >= 0.3 is 12.1 Å². The molecule has 0 saturated heterocycles. The van der Waals surface area contributed by atoms with Gasteiger partial charge in [-0.3, -0.25) is 0 Å². The second-order valence-corrected chi connectivity index (χ2v) is 5.19. The maximum absolute atomic E-state index is 13.0. The Bertz CT molecular complexity index is 676. The van der Waals surface area contributed by atoms with E-state index in [2.05, 4.69) is 10.1 Å². The first-order chi connectivity index (χ1) is 9.74. The van der Waals surface area contributed by atoms with Crippen LogP contribution in [-0.4, -0.2) is 27.3 Å². The zero-order valence-corrected chi connectivity index (χ0v) is 12.3. The summed E-state index contributed by atoms with van der Waals surface area (Å²) in [6.07, 6.45) is -4.55. The van der Waals surface area contributed by atoms with E-state index in [9.17, 15) is 18.0 Å². The molecule has 0 aromatic carbocycles. The van der Waals surface area contributed by atoms with E-state index in [1.165, 1.54) is 13.8 Å². The first kappa shape index (κ1) is 15.5. The molecule has 0 N–H and O–H groups in total. The van der Waals surface area contributed by atoms with E-state index >= 15 is 0 Å². The van der Waals surface area contributed by atoms with Crippen molar-refractivity contribution in [2.24, 2.45) is 0 Å². The molecule has 114 valence electrons. The third kappa shape index (κ3) is 3.07. The molecule has 0 aliphatic carbocycles. The quantitative estimate of drug-likeness (QED) is 0.816. The molecule has 0 aliphatic heterocycles. The standard InChI is InChI=1S/C12H12F3N3O2S/c1-4-20-10(19)9-7(3)16-11(21-9)18-8(12(13,14)15)5-6(2)17-18/h5H,4H2,1-3H3. The highest BCUT2D eigenvalue weighted by Gasteiger charge is 2.37.